The third kappa shape index (κ3) is 5.60. The predicted octanol–water partition coefficient (Wildman–Crippen LogP) is 3.31. The average molecular weight is 396 g/mol. The molecule has 0 saturated heterocycles. The fourth-order valence-electron chi connectivity index (χ4n) is 2.09. The van der Waals surface area contributed by atoms with Crippen LogP contribution < -0.4 is 10.1 Å². The lowest BCUT2D eigenvalue weighted by Gasteiger charge is -2.07. The van der Waals surface area contributed by atoms with E-state index >= 15 is 0 Å². The van der Waals surface area contributed by atoms with Crippen LogP contribution in [0.3, 0.4) is 0 Å². The van der Waals surface area contributed by atoms with Crippen LogP contribution in [-0.4, -0.2) is 25.6 Å². The Labute approximate surface area is 166 Å². The van der Waals surface area contributed by atoms with Gasteiger partial charge in [0.25, 0.3) is 5.91 Å². The number of nitrogens with one attached hydrogen (secondary N) is 1. The average Bonchev–Trinajstić information content (AvgIpc) is 2.70. The molecule has 0 spiro atoms. The van der Waals surface area contributed by atoms with E-state index in [1.54, 1.807) is 30.3 Å². The van der Waals surface area contributed by atoms with Crippen molar-refractivity contribution in [1.29, 1.82) is 10.5 Å². The molecule has 0 aromatic heterocycles. The number of esters is 1. The van der Waals surface area contributed by atoms with Crippen LogP contribution in [0.1, 0.15) is 11.1 Å². The van der Waals surface area contributed by atoms with Crippen molar-refractivity contribution in [3.8, 4) is 17.9 Å². The molecule has 8 heteroatoms. The van der Waals surface area contributed by atoms with Crippen LogP contribution in [0.25, 0.3) is 6.08 Å². The SMILES string of the molecule is COc1ccc(/C=C(\C#N)C(=O)OCC(=O)Nc2ccc(C#N)c(Cl)c2)cc1. The van der Waals surface area contributed by atoms with E-state index < -0.39 is 18.5 Å². The van der Waals surface area contributed by atoms with Crippen LogP contribution in [0.15, 0.2) is 48.0 Å². The lowest BCUT2D eigenvalue weighted by atomic mass is 10.1. The highest BCUT2D eigenvalue weighted by atomic mass is 35.5. The summed E-state index contributed by atoms with van der Waals surface area (Å²) in [6.45, 7) is -0.585. The Morgan fingerprint density at radius 2 is 1.89 bits per heavy atom. The number of rotatable bonds is 6. The fraction of sp³-hybridized carbons (Fsp3) is 0.100. The number of ether oxygens (including phenoxy) is 2. The Morgan fingerprint density at radius 3 is 2.46 bits per heavy atom. The number of nitrogens with zero attached hydrogens (tertiary/aromatic N) is 2. The lowest BCUT2D eigenvalue weighted by Crippen LogP contribution is -2.21. The van der Waals surface area contributed by atoms with Crippen molar-refractivity contribution in [3.63, 3.8) is 0 Å². The number of hydrogen-bond donors (Lipinski definition) is 1. The van der Waals surface area contributed by atoms with Crippen molar-refractivity contribution in [2.24, 2.45) is 0 Å². The number of halogens is 1. The summed E-state index contributed by atoms with van der Waals surface area (Å²) in [7, 11) is 1.53. The maximum Gasteiger partial charge on any atom is 0.349 e. The topological polar surface area (TPSA) is 112 Å². The van der Waals surface area contributed by atoms with E-state index in [-0.39, 0.29) is 16.2 Å². The first-order valence-corrected chi connectivity index (χ1v) is 8.27. The smallest absolute Gasteiger partial charge is 0.349 e. The molecule has 0 atom stereocenters. The summed E-state index contributed by atoms with van der Waals surface area (Å²) < 4.78 is 9.91. The molecule has 0 bridgehead atoms. The molecule has 1 N–H and O–H groups in total. The number of methoxy groups -OCH3 is 1. The van der Waals surface area contributed by atoms with Gasteiger partial charge >= 0.3 is 5.97 Å². The van der Waals surface area contributed by atoms with Crippen LogP contribution in [0.4, 0.5) is 5.69 Å². The summed E-state index contributed by atoms with van der Waals surface area (Å²) in [5.74, 6) is -0.903. The van der Waals surface area contributed by atoms with Gasteiger partial charge in [-0.15, -0.1) is 0 Å². The Kier molecular flexibility index (Phi) is 7.15. The molecule has 2 rings (SSSR count). The van der Waals surface area contributed by atoms with Gasteiger partial charge in [0.05, 0.1) is 17.7 Å². The second kappa shape index (κ2) is 9.77. The first-order valence-electron chi connectivity index (χ1n) is 7.89. The molecular weight excluding hydrogens is 382 g/mol. The molecule has 28 heavy (non-hydrogen) atoms. The second-order valence-corrected chi connectivity index (χ2v) is 5.78. The number of benzene rings is 2. The molecule has 0 heterocycles. The highest BCUT2D eigenvalue weighted by Gasteiger charge is 2.14. The number of amides is 1. The minimum Gasteiger partial charge on any atom is -0.497 e. The highest BCUT2D eigenvalue weighted by Crippen LogP contribution is 2.20. The van der Waals surface area contributed by atoms with Gasteiger partial charge in [0.2, 0.25) is 0 Å². The summed E-state index contributed by atoms with van der Waals surface area (Å²) in [5.41, 5.74) is 0.970. The quantitative estimate of drug-likeness (QED) is 0.456. The summed E-state index contributed by atoms with van der Waals surface area (Å²) in [5, 5.41) is 20.6. The van der Waals surface area contributed by atoms with Gasteiger partial charge in [0.15, 0.2) is 6.61 Å². The Hall–Kier alpha value is -3.81. The molecule has 0 aliphatic rings. The first kappa shape index (κ1) is 20.5. The van der Waals surface area contributed by atoms with Crippen LogP contribution in [-0.2, 0) is 14.3 Å². The minimum absolute atomic E-state index is 0.187. The van der Waals surface area contributed by atoms with E-state index in [0.29, 0.717) is 17.0 Å². The zero-order chi connectivity index (χ0) is 20.5. The number of hydrogen-bond acceptors (Lipinski definition) is 6. The van der Waals surface area contributed by atoms with Crippen LogP contribution >= 0.6 is 11.6 Å². The van der Waals surface area contributed by atoms with Gasteiger partial charge in [-0.2, -0.15) is 10.5 Å². The van der Waals surface area contributed by atoms with Crippen LogP contribution in [0.2, 0.25) is 5.02 Å². The Bertz CT molecular complexity index is 1000. The second-order valence-electron chi connectivity index (χ2n) is 5.37. The van der Waals surface area contributed by atoms with E-state index in [0.717, 1.165) is 0 Å². The van der Waals surface area contributed by atoms with Gasteiger partial charge < -0.3 is 14.8 Å². The van der Waals surface area contributed by atoms with Gasteiger partial charge in [-0.05, 0) is 42.0 Å². The molecule has 0 radical (unpaired) electrons. The maximum absolute atomic E-state index is 12.0. The number of anilines is 1. The molecule has 7 nitrogen and oxygen atoms in total. The van der Waals surface area contributed by atoms with E-state index in [4.69, 9.17) is 31.6 Å². The molecule has 0 unspecified atom stereocenters. The van der Waals surface area contributed by atoms with Crippen molar-refractivity contribution in [1.82, 2.24) is 0 Å². The third-order valence-electron chi connectivity index (χ3n) is 3.47. The van der Waals surface area contributed by atoms with E-state index in [9.17, 15) is 9.59 Å². The summed E-state index contributed by atoms with van der Waals surface area (Å²) in [4.78, 5) is 23.9. The Balaban J connectivity index is 1.96. The number of nitriles is 2. The number of carbonyl (C=O) groups excluding carboxylic acids is 2. The molecule has 140 valence electrons. The van der Waals surface area contributed by atoms with Crippen LogP contribution in [0.5, 0.6) is 5.75 Å². The van der Waals surface area contributed by atoms with Crippen molar-refractivity contribution in [3.05, 3.63) is 64.2 Å². The minimum atomic E-state index is -0.925. The van der Waals surface area contributed by atoms with Crippen LogP contribution in [0, 0.1) is 22.7 Å². The van der Waals surface area contributed by atoms with E-state index in [1.807, 2.05) is 6.07 Å². The predicted molar refractivity (Wildman–Crippen MR) is 102 cm³/mol. The number of carbonyl (C=O) groups is 2. The zero-order valence-corrected chi connectivity index (χ0v) is 15.5. The van der Waals surface area contributed by atoms with Gasteiger partial charge in [0.1, 0.15) is 23.5 Å². The molecule has 1 amide bonds. The van der Waals surface area contributed by atoms with Crippen molar-refractivity contribution in [2.75, 3.05) is 19.0 Å². The summed E-state index contributed by atoms with van der Waals surface area (Å²) in [6.07, 6.45) is 1.35. The van der Waals surface area contributed by atoms with Gasteiger partial charge in [-0.3, -0.25) is 4.79 Å². The fourth-order valence-corrected chi connectivity index (χ4v) is 2.32. The molecule has 2 aromatic rings. The molecule has 0 aliphatic heterocycles. The Morgan fingerprint density at radius 1 is 1.18 bits per heavy atom. The molecule has 0 saturated carbocycles. The monoisotopic (exact) mass is 395 g/mol. The normalized spacial score (nSPS) is 10.4. The van der Waals surface area contributed by atoms with Crippen molar-refractivity contribution in [2.45, 2.75) is 0 Å². The van der Waals surface area contributed by atoms with Gasteiger partial charge in [-0.25, -0.2) is 4.79 Å². The van der Waals surface area contributed by atoms with E-state index in [2.05, 4.69) is 5.32 Å². The van der Waals surface area contributed by atoms with E-state index in [1.165, 1.54) is 31.4 Å². The third-order valence-corrected chi connectivity index (χ3v) is 3.79. The van der Waals surface area contributed by atoms with Gasteiger partial charge in [-0.1, -0.05) is 23.7 Å². The first-order chi connectivity index (χ1) is 13.5. The molecule has 0 aliphatic carbocycles. The molecule has 2 aromatic carbocycles. The highest BCUT2D eigenvalue weighted by molar-refractivity contribution is 6.32. The van der Waals surface area contributed by atoms with Crippen molar-refractivity contribution >= 4 is 35.2 Å². The standard InChI is InChI=1S/C20H14ClN3O4/c1-27-17-6-2-13(3-7-17)8-15(11-23)20(26)28-12-19(25)24-16-5-4-14(10-22)18(21)9-16/h2-9H,12H2,1H3,(H,24,25)/b15-8+. The molecule has 0 fully saturated rings. The van der Waals surface area contributed by atoms with Crippen molar-refractivity contribution < 1.29 is 19.1 Å². The maximum atomic E-state index is 12.0. The summed E-state index contributed by atoms with van der Waals surface area (Å²) >= 11 is 5.89. The largest absolute Gasteiger partial charge is 0.497 e. The molecular formula is C20H14ClN3O4. The lowest BCUT2D eigenvalue weighted by molar-refractivity contribution is -0.142. The zero-order valence-electron chi connectivity index (χ0n) is 14.7. The summed E-state index contributed by atoms with van der Waals surface area (Å²) in [6, 6.07) is 14.7. The van der Waals surface area contributed by atoms with Gasteiger partial charge in [0, 0.05) is 5.69 Å².